The number of rotatable bonds is 7. The highest BCUT2D eigenvalue weighted by atomic mass is 16.5. The van der Waals surface area contributed by atoms with Crippen LogP contribution in [0.25, 0.3) is 0 Å². The Morgan fingerprint density at radius 3 is 2.38 bits per heavy atom. The van der Waals surface area contributed by atoms with Crippen molar-refractivity contribution >= 4 is 17.5 Å². The second-order valence-corrected chi connectivity index (χ2v) is 7.03. The highest BCUT2D eigenvalue weighted by Gasteiger charge is 2.36. The molecule has 0 unspecified atom stereocenters. The maximum atomic E-state index is 12.9. The number of anilines is 1. The van der Waals surface area contributed by atoms with Crippen LogP contribution in [0, 0.1) is 5.41 Å². The summed E-state index contributed by atoms with van der Waals surface area (Å²) in [6.07, 6.45) is 3.34. The Kier molecular flexibility index (Phi) is 6.24. The standard InChI is InChI=1S/C23H23N3O3/c1-23(2,21(27)25-16-17-9-8-14-24-15-17)22(28)26-19-12-6-7-13-20(19)29-18-10-4-3-5-11-18/h3-15H,16H2,1-2H3,(H,25,27)(H,26,28). The van der Waals surface area contributed by atoms with Crippen molar-refractivity contribution in [2.75, 3.05) is 5.32 Å². The maximum Gasteiger partial charge on any atom is 0.239 e. The van der Waals surface area contributed by atoms with Crippen LogP contribution in [0.4, 0.5) is 5.69 Å². The molecule has 0 atom stereocenters. The molecule has 0 aliphatic carbocycles. The van der Waals surface area contributed by atoms with Crippen LogP contribution in [0.3, 0.4) is 0 Å². The van der Waals surface area contributed by atoms with E-state index in [2.05, 4.69) is 15.6 Å². The lowest BCUT2D eigenvalue weighted by Gasteiger charge is -2.23. The highest BCUT2D eigenvalue weighted by Crippen LogP contribution is 2.30. The molecule has 0 fully saturated rings. The minimum atomic E-state index is -1.28. The number of benzene rings is 2. The van der Waals surface area contributed by atoms with Crippen LogP contribution in [0.1, 0.15) is 19.4 Å². The molecule has 2 amide bonds. The molecule has 6 nitrogen and oxygen atoms in total. The zero-order chi connectivity index (χ0) is 20.7. The van der Waals surface area contributed by atoms with Crippen LogP contribution in [0.2, 0.25) is 0 Å². The Hall–Kier alpha value is -3.67. The SMILES string of the molecule is CC(C)(C(=O)NCc1cccnc1)C(=O)Nc1ccccc1Oc1ccccc1. The molecule has 1 heterocycles. The zero-order valence-corrected chi connectivity index (χ0v) is 16.4. The summed E-state index contributed by atoms with van der Waals surface area (Å²) in [5.74, 6) is 0.354. The number of pyridine rings is 1. The van der Waals surface area contributed by atoms with Crippen molar-refractivity contribution in [1.29, 1.82) is 0 Å². The average molecular weight is 389 g/mol. The van der Waals surface area contributed by atoms with Gasteiger partial charge < -0.3 is 15.4 Å². The fourth-order valence-corrected chi connectivity index (χ4v) is 2.56. The van der Waals surface area contributed by atoms with E-state index in [-0.39, 0.29) is 5.91 Å². The van der Waals surface area contributed by atoms with Gasteiger partial charge in [-0.3, -0.25) is 14.6 Å². The number of ether oxygens (including phenoxy) is 1. The van der Waals surface area contributed by atoms with Gasteiger partial charge in [-0.05, 0) is 49.7 Å². The zero-order valence-electron chi connectivity index (χ0n) is 16.4. The van der Waals surface area contributed by atoms with Crippen molar-refractivity contribution in [3.8, 4) is 11.5 Å². The minimum Gasteiger partial charge on any atom is -0.455 e. The second kappa shape index (κ2) is 9.01. The number of carbonyl (C=O) groups is 2. The van der Waals surface area contributed by atoms with Gasteiger partial charge in [-0.2, -0.15) is 0 Å². The van der Waals surface area contributed by atoms with E-state index >= 15 is 0 Å². The quantitative estimate of drug-likeness (QED) is 0.595. The molecular formula is C23H23N3O3. The molecule has 148 valence electrons. The van der Waals surface area contributed by atoms with Crippen molar-refractivity contribution in [3.05, 3.63) is 84.7 Å². The van der Waals surface area contributed by atoms with Crippen LogP contribution in [-0.4, -0.2) is 16.8 Å². The maximum absolute atomic E-state index is 12.9. The van der Waals surface area contributed by atoms with Crippen LogP contribution in [-0.2, 0) is 16.1 Å². The lowest BCUT2D eigenvalue weighted by Crippen LogP contribution is -2.44. The van der Waals surface area contributed by atoms with Crippen LogP contribution in [0.15, 0.2) is 79.1 Å². The van der Waals surface area contributed by atoms with Gasteiger partial charge in [0, 0.05) is 18.9 Å². The third-order valence-electron chi connectivity index (χ3n) is 4.42. The molecule has 0 aliphatic heterocycles. The van der Waals surface area contributed by atoms with Crippen molar-refractivity contribution in [2.45, 2.75) is 20.4 Å². The Bertz CT molecular complexity index is 973. The van der Waals surface area contributed by atoms with Crippen LogP contribution in [0.5, 0.6) is 11.5 Å². The van der Waals surface area contributed by atoms with E-state index in [9.17, 15) is 9.59 Å². The molecule has 0 saturated carbocycles. The van der Waals surface area contributed by atoms with Gasteiger partial charge in [0.25, 0.3) is 0 Å². The molecule has 3 aromatic rings. The third-order valence-corrected chi connectivity index (χ3v) is 4.42. The van der Waals surface area contributed by atoms with E-state index in [1.54, 1.807) is 50.5 Å². The fraction of sp³-hybridized carbons (Fsp3) is 0.174. The van der Waals surface area contributed by atoms with Gasteiger partial charge in [0.1, 0.15) is 11.2 Å². The van der Waals surface area contributed by atoms with Gasteiger partial charge in [0.15, 0.2) is 5.75 Å². The van der Waals surface area contributed by atoms with Crippen molar-refractivity contribution in [2.24, 2.45) is 5.41 Å². The first-order valence-corrected chi connectivity index (χ1v) is 9.27. The van der Waals surface area contributed by atoms with E-state index in [0.29, 0.717) is 23.7 Å². The van der Waals surface area contributed by atoms with Crippen molar-refractivity contribution in [3.63, 3.8) is 0 Å². The molecule has 6 heteroatoms. The van der Waals surface area contributed by atoms with Gasteiger partial charge in [-0.15, -0.1) is 0 Å². The highest BCUT2D eigenvalue weighted by molar-refractivity contribution is 6.10. The molecule has 0 saturated heterocycles. The molecule has 2 aromatic carbocycles. The predicted octanol–water partition coefficient (Wildman–Crippen LogP) is 4.16. The lowest BCUT2D eigenvalue weighted by atomic mass is 9.90. The number of carbonyl (C=O) groups excluding carboxylic acids is 2. The largest absolute Gasteiger partial charge is 0.455 e. The van der Waals surface area contributed by atoms with E-state index in [4.69, 9.17) is 4.74 Å². The summed E-state index contributed by atoms with van der Waals surface area (Å²) in [6, 6.07) is 20.1. The van der Waals surface area contributed by atoms with Crippen LogP contribution >= 0.6 is 0 Å². The predicted molar refractivity (Wildman–Crippen MR) is 111 cm³/mol. The Morgan fingerprint density at radius 1 is 0.931 bits per heavy atom. The molecular weight excluding hydrogens is 366 g/mol. The summed E-state index contributed by atoms with van der Waals surface area (Å²) < 4.78 is 5.87. The molecule has 3 rings (SSSR count). The summed E-state index contributed by atoms with van der Waals surface area (Å²) in [6.45, 7) is 3.47. The van der Waals surface area contributed by atoms with E-state index in [1.165, 1.54) is 0 Å². The molecule has 2 N–H and O–H groups in total. The van der Waals surface area contributed by atoms with E-state index in [1.807, 2.05) is 42.5 Å². The first kappa shape index (κ1) is 20.1. The third kappa shape index (κ3) is 5.19. The number of aromatic nitrogens is 1. The Labute approximate surface area is 169 Å². The fourth-order valence-electron chi connectivity index (χ4n) is 2.56. The van der Waals surface area contributed by atoms with Crippen LogP contribution < -0.4 is 15.4 Å². The van der Waals surface area contributed by atoms with Gasteiger partial charge >= 0.3 is 0 Å². The van der Waals surface area contributed by atoms with Gasteiger partial charge in [0.2, 0.25) is 11.8 Å². The molecule has 0 bridgehead atoms. The smallest absolute Gasteiger partial charge is 0.239 e. The first-order valence-electron chi connectivity index (χ1n) is 9.27. The summed E-state index contributed by atoms with van der Waals surface area (Å²) >= 11 is 0. The minimum absolute atomic E-state index is 0.303. The number of nitrogens with one attached hydrogen (secondary N) is 2. The topological polar surface area (TPSA) is 80.3 Å². The average Bonchev–Trinajstić information content (AvgIpc) is 2.74. The number of para-hydroxylation sites is 3. The summed E-state index contributed by atoms with van der Waals surface area (Å²) in [4.78, 5) is 29.5. The number of amides is 2. The van der Waals surface area contributed by atoms with Crippen molar-refractivity contribution < 1.29 is 14.3 Å². The molecule has 1 aromatic heterocycles. The lowest BCUT2D eigenvalue weighted by molar-refractivity contribution is -0.138. The van der Waals surface area contributed by atoms with E-state index in [0.717, 1.165) is 5.56 Å². The van der Waals surface area contributed by atoms with Gasteiger partial charge in [0.05, 0.1) is 5.69 Å². The normalized spacial score (nSPS) is 10.8. The second-order valence-electron chi connectivity index (χ2n) is 7.03. The Balaban J connectivity index is 1.68. The molecule has 0 aliphatic rings. The van der Waals surface area contributed by atoms with Gasteiger partial charge in [-0.1, -0.05) is 36.4 Å². The monoisotopic (exact) mass is 389 g/mol. The summed E-state index contributed by atoms with van der Waals surface area (Å²) in [7, 11) is 0. The summed E-state index contributed by atoms with van der Waals surface area (Å²) in [5.41, 5.74) is 0.0790. The Morgan fingerprint density at radius 2 is 1.66 bits per heavy atom. The van der Waals surface area contributed by atoms with E-state index < -0.39 is 11.3 Å². The number of hydrogen-bond donors (Lipinski definition) is 2. The summed E-state index contributed by atoms with van der Waals surface area (Å²) in [5, 5.41) is 5.60. The number of nitrogens with zero attached hydrogens (tertiary/aromatic N) is 1. The molecule has 0 spiro atoms. The first-order chi connectivity index (χ1) is 14.0. The van der Waals surface area contributed by atoms with Gasteiger partial charge in [-0.25, -0.2) is 0 Å². The number of hydrogen-bond acceptors (Lipinski definition) is 4. The molecule has 0 radical (unpaired) electrons. The van der Waals surface area contributed by atoms with Crippen molar-refractivity contribution in [1.82, 2.24) is 10.3 Å². The molecule has 29 heavy (non-hydrogen) atoms.